The molecular formula is C30H44ClFN4O4. The fraction of sp³-hybridized carbons (Fsp3) is 0.733. The van der Waals surface area contributed by atoms with Crippen LogP contribution in [0.25, 0.3) is 0 Å². The molecule has 0 radical (unpaired) electrons. The summed E-state index contributed by atoms with van der Waals surface area (Å²) in [6.07, 6.45) is 4.48. The number of nitrogens with one attached hydrogen (secondary N) is 1. The Morgan fingerprint density at radius 1 is 1.25 bits per heavy atom. The summed E-state index contributed by atoms with van der Waals surface area (Å²) in [7, 11) is 0. The number of anilines is 1. The number of nitrogens with zero attached hydrogens (tertiary/aromatic N) is 2. The van der Waals surface area contributed by atoms with Crippen LogP contribution in [0.5, 0.6) is 0 Å². The van der Waals surface area contributed by atoms with E-state index in [1.165, 1.54) is 23.1 Å². The number of aliphatic hydroxyl groups is 2. The van der Waals surface area contributed by atoms with Crippen molar-refractivity contribution in [3.8, 4) is 0 Å². The number of benzene rings is 1. The smallest absolute Gasteiger partial charge is 0.241 e. The summed E-state index contributed by atoms with van der Waals surface area (Å²) in [5.74, 6) is 0.113. The second-order valence-electron chi connectivity index (χ2n) is 13.6. The van der Waals surface area contributed by atoms with Gasteiger partial charge in [0.1, 0.15) is 5.82 Å². The lowest BCUT2D eigenvalue weighted by Gasteiger charge is -2.58. The van der Waals surface area contributed by atoms with Crippen LogP contribution < -0.4 is 16.0 Å². The van der Waals surface area contributed by atoms with Gasteiger partial charge in [-0.2, -0.15) is 0 Å². The Morgan fingerprint density at radius 2 is 1.93 bits per heavy atom. The van der Waals surface area contributed by atoms with Gasteiger partial charge in [0, 0.05) is 36.6 Å². The second kappa shape index (κ2) is 11.1. The van der Waals surface area contributed by atoms with Crippen LogP contribution in [-0.4, -0.2) is 75.9 Å². The van der Waals surface area contributed by atoms with Crippen molar-refractivity contribution in [1.82, 2.24) is 10.2 Å². The zero-order chi connectivity index (χ0) is 29.0. The van der Waals surface area contributed by atoms with E-state index in [0.29, 0.717) is 34.9 Å². The highest BCUT2D eigenvalue weighted by molar-refractivity contribution is 6.33. The first-order chi connectivity index (χ1) is 18.8. The first-order valence-corrected chi connectivity index (χ1v) is 15.1. The maximum atomic E-state index is 13.9. The molecule has 5 N–H and O–H groups in total. The Morgan fingerprint density at radius 3 is 2.55 bits per heavy atom. The van der Waals surface area contributed by atoms with Crippen molar-refractivity contribution >= 4 is 29.1 Å². The van der Waals surface area contributed by atoms with Gasteiger partial charge in [-0.15, -0.1) is 0 Å². The van der Waals surface area contributed by atoms with Gasteiger partial charge in [-0.3, -0.25) is 14.5 Å². The summed E-state index contributed by atoms with van der Waals surface area (Å²) >= 11 is 6.27. The highest BCUT2D eigenvalue weighted by atomic mass is 35.5. The summed E-state index contributed by atoms with van der Waals surface area (Å²) < 4.78 is 13.9. The normalized spacial score (nSPS) is 33.6. The number of hydrogen-bond acceptors (Lipinski definition) is 6. The van der Waals surface area contributed by atoms with Gasteiger partial charge in [-0.25, -0.2) is 4.39 Å². The molecule has 1 saturated heterocycles. The number of aliphatic hydroxyl groups excluding tert-OH is 1. The molecule has 0 spiro atoms. The van der Waals surface area contributed by atoms with E-state index in [9.17, 15) is 24.2 Å². The SMILES string of the molecule is CC[C@H](C[C@H](O)[C@@H](N)CN1CC(=O)N(c2cc(F)ccc2Cl)CC1(C)C)C(=O)NC1[C@H]2CC3C[C@H]1CC(O)(C3)C2. The highest BCUT2D eigenvalue weighted by Crippen LogP contribution is 2.55. The summed E-state index contributed by atoms with van der Waals surface area (Å²) in [6, 6.07) is 3.40. The van der Waals surface area contributed by atoms with Crippen LogP contribution in [-0.2, 0) is 9.59 Å². The molecule has 5 fully saturated rings. The Balaban J connectivity index is 1.17. The number of carbonyl (C=O) groups is 2. The van der Waals surface area contributed by atoms with Crippen molar-refractivity contribution < 1.29 is 24.2 Å². The fourth-order valence-electron chi connectivity index (χ4n) is 8.06. The minimum atomic E-state index is -0.920. The molecule has 10 heteroatoms. The molecule has 5 aliphatic rings. The van der Waals surface area contributed by atoms with Gasteiger partial charge in [0.25, 0.3) is 0 Å². The van der Waals surface area contributed by atoms with E-state index in [1.807, 2.05) is 25.7 Å². The van der Waals surface area contributed by atoms with Crippen molar-refractivity contribution in [2.45, 2.75) is 95.0 Å². The number of carbonyl (C=O) groups excluding carboxylic acids is 2. The molecular weight excluding hydrogens is 535 g/mol. The molecule has 4 aliphatic carbocycles. The number of piperazine rings is 1. The van der Waals surface area contributed by atoms with E-state index >= 15 is 0 Å². The molecule has 0 unspecified atom stereocenters. The molecule has 1 aromatic rings. The third-order valence-electron chi connectivity index (χ3n) is 10.1. The van der Waals surface area contributed by atoms with Gasteiger partial charge in [0.15, 0.2) is 0 Å². The van der Waals surface area contributed by atoms with E-state index in [-0.39, 0.29) is 49.8 Å². The molecule has 1 aromatic carbocycles. The zero-order valence-electron chi connectivity index (χ0n) is 23.8. The Hall–Kier alpha value is -1.78. The number of hydrogen-bond donors (Lipinski definition) is 4. The quantitative estimate of drug-likeness (QED) is 0.358. The molecule has 8 nitrogen and oxygen atoms in total. The van der Waals surface area contributed by atoms with Gasteiger partial charge < -0.3 is 26.2 Å². The van der Waals surface area contributed by atoms with Crippen LogP contribution in [0, 0.1) is 29.5 Å². The van der Waals surface area contributed by atoms with Crippen LogP contribution in [0.2, 0.25) is 5.02 Å². The van der Waals surface area contributed by atoms with Crippen LogP contribution >= 0.6 is 11.6 Å². The van der Waals surface area contributed by atoms with E-state index in [0.717, 1.165) is 32.1 Å². The predicted octanol–water partition coefficient (Wildman–Crippen LogP) is 3.07. The highest BCUT2D eigenvalue weighted by Gasteiger charge is 2.55. The van der Waals surface area contributed by atoms with Crippen molar-refractivity contribution in [2.24, 2.45) is 29.4 Å². The van der Waals surface area contributed by atoms with E-state index in [4.69, 9.17) is 17.3 Å². The first kappa shape index (κ1) is 29.7. The van der Waals surface area contributed by atoms with Crippen LogP contribution in [0.3, 0.4) is 0 Å². The fourth-order valence-corrected chi connectivity index (χ4v) is 8.28. The lowest BCUT2D eigenvalue weighted by molar-refractivity contribution is -0.148. The van der Waals surface area contributed by atoms with Gasteiger partial charge >= 0.3 is 0 Å². The van der Waals surface area contributed by atoms with Gasteiger partial charge in [-0.05, 0) is 94.7 Å². The summed E-state index contributed by atoms with van der Waals surface area (Å²) in [6.45, 7) is 6.51. The Bertz CT molecular complexity index is 1120. The monoisotopic (exact) mass is 578 g/mol. The molecule has 222 valence electrons. The maximum Gasteiger partial charge on any atom is 0.241 e. The largest absolute Gasteiger partial charge is 0.391 e. The van der Waals surface area contributed by atoms with Crippen LogP contribution in [0.1, 0.15) is 65.7 Å². The molecule has 1 heterocycles. The predicted molar refractivity (Wildman–Crippen MR) is 152 cm³/mol. The van der Waals surface area contributed by atoms with Crippen LogP contribution in [0.15, 0.2) is 18.2 Å². The molecule has 4 saturated carbocycles. The standard InChI is InChI=1S/C30H44ClFN4O4/c1-4-18(28(39)34-27-19-7-17-8-20(27)13-30(40,11-17)12-19)9-25(37)23(33)14-35-15-26(38)36(16-29(35,2)3)24-10-21(32)5-6-22(24)31/h5-6,10,17-20,23,25,27,37,40H,4,7-9,11-16,33H2,1-3H3,(H,34,39)/t17?,18-,19+,20+,23+,25+,27?,30?/m1/s1. The third-order valence-corrected chi connectivity index (χ3v) is 10.4. The Kier molecular flexibility index (Phi) is 8.27. The van der Waals surface area contributed by atoms with E-state index < -0.39 is 29.1 Å². The number of rotatable bonds is 9. The van der Waals surface area contributed by atoms with Crippen LogP contribution in [0.4, 0.5) is 10.1 Å². The lowest BCUT2D eigenvalue weighted by atomic mass is 9.52. The first-order valence-electron chi connectivity index (χ1n) is 14.8. The molecule has 6 rings (SSSR count). The molecule has 4 bridgehead atoms. The van der Waals surface area contributed by atoms with E-state index in [1.54, 1.807) is 0 Å². The second-order valence-corrected chi connectivity index (χ2v) is 14.0. The number of nitrogens with two attached hydrogens (primary N) is 1. The molecule has 5 atom stereocenters. The summed E-state index contributed by atoms with van der Waals surface area (Å²) in [5, 5.41) is 25.5. The summed E-state index contributed by atoms with van der Waals surface area (Å²) in [5.41, 5.74) is 5.74. The molecule has 40 heavy (non-hydrogen) atoms. The zero-order valence-corrected chi connectivity index (χ0v) is 24.5. The Labute approximate surface area is 241 Å². The van der Waals surface area contributed by atoms with Gasteiger partial charge in [0.05, 0.1) is 29.0 Å². The minimum Gasteiger partial charge on any atom is -0.391 e. The van der Waals surface area contributed by atoms with Gasteiger partial charge in [-0.1, -0.05) is 18.5 Å². The van der Waals surface area contributed by atoms with Crippen molar-refractivity contribution in [3.05, 3.63) is 29.0 Å². The molecule has 1 aliphatic heterocycles. The third kappa shape index (κ3) is 5.91. The van der Waals surface area contributed by atoms with Crippen molar-refractivity contribution in [2.75, 3.05) is 24.5 Å². The number of halogens is 2. The lowest BCUT2D eigenvalue weighted by Crippen LogP contribution is -2.64. The van der Waals surface area contributed by atoms with Crippen molar-refractivity contribution in [1.29, 1.82) is 0 Å². The minimum absolute atomic E-state index is 0.0469. The molecule has 2 amide bonds. The van der Waals surface area contributed by atoms with E-state index in [2.05, 4.69) is 5.32 Å². The molecule has 0 aromatic heterocycles. The topological polar surface area (TPSA) is 119 Å². The van der Waals surface area contributed by atoms with Crippen molar-refractivity contribution in [3.63, 3.8) is 0 Å². The average Bonchev–Trinajstić information content (AvgIpc) is 2.87. The number of amides is 2. The average molecular weight is 579 g/mol. The maximum absolute atomic E-state index is 13.9. The van der Waals surface area contributed by atoms with Gasteiger partial charge in [0.2, 0.25) is 11.8 Å². The summed E-state index contributed by atoms with van der Waals surface area (Å²) in [4.78, 5) is 29.8.